The zero-order valence-corrected chi connectivity index (χ0v) is 14.5. The van der Waals surface area contributed by atoms with Crippen molar-refractivity contribution in [2.45, 2.75) is 52.6 Å². The van der Waals surface area contributed by atoms with Gasteiger partial charge in [0, 0.05) is 0 Å². The van der Waals surface area contributed by atoms with E-state index in [1.165, 1.54) is 0 Å². The monoisotopic (exact) mass is 314 g/mol. The van der Waals surface area contributed by atoms with Gasteiger partial charge in [0.15, 0.2) is 5.78 Å². The van der Waals surface area contributed by atoms with Gasteiger partial charge in [0.25, 0.3) is 0 Å². The van der Waals surface area contributed by atoms with Gasteiger partial charge in [-0.25, -0.2) is 4.79 Å². The van der Waals surface area contributed by atoms with Crippen molar-refractivity contribution in [1.29, 1.82) is 0 Å². The molecule has 1 aliphatic rings. The van der Waals surface area contributed by atoms with Gasteiger partial charge in [0.2, 0.25) is 0 Å². The highest BCUT2D eigenvalue weighted by atomic mass is 16.6. The number of hydrogen-bond donors (Lipinski definition) is 0. The summed E-state index contributed by atoms with van der Waals surface area (Å²) in [6, 6.07) is 9.41. The van der Waals surface area contributed by atoms with Crippen LogP contribution in [0.25, 0.3) is 6.08 Å². The number of ether oxygens (including phenoxy) is 1. The van der Waals surface area contributed by atoms with Gasteiger partial charge in [0.1, 0.15) is 11.2 Å². The molecule has 1 saturated heterocycles. The smallest absolute Gasteiger partial charge is 0.342 e. The van der Waals surface area contributed by atoms with Gasteiger partial charge in [-0.3, -0.25) is 4.79 Å². The molecule has 0 spiro atoms. The normalized spacial score (nSPS) is 19.5. The molecule has 0 amide bonds. The fraction of sp³-hybridized carbons (Fsp3) is 0.500. The Hall–Kier alpha value is -1.90. The summed E-state index contributed by atoms with van der Waals surface area (Å²) in [6.45, 7) is 8.37. The second-order valence-electron chi connectivity index (χ2n) is 7.34. The third-order valence-corrected chi connectivity index (χ3v) is 3.98. The van der Waals surface area contributed by atoms with E-state index in [2.05, 4.69) is 27.7 Å². The molecule has 0 aliphatic carbocycles. The van der Waals surface area contributed by atoms with E-state index >= 15 is 0 Å². The number of rotatable bonds is 5. The van der Waals surface area contributed by atoms with Crippen LogP contribution in [-0.4, -0.2) is 17.4 Å². The molecule has 0 radical (unpaired) electrons. The first-order chi connectivity index (χ1) is 10.8. The molecule has 0 atom stereocenters. The highest BCUT2D eigenvalue weighted by Crippen LogP contribution is 2.37. The Balaban J connectivity index is 2.28. The Labute approximate surface area is 138 Å². The molecular formula is C20H26O3. The van der Waals surface area contributed by atoms with Crippen LogP contribution >= 0.6 is 0 Å². The lowest BCUT2D eigenvalue weighted by molar-refractivity contribution is -0.167. The van der Waals surface area contributed by atoms with E-state index in [1.807, 2.05) is 30.3 Å². The minimum Gasteiger partial charge on any atom is -0.455 e. The molecule has 3 heteroatoms. The molecule has 1 aliphatic heterocycles. The van der Waals surface area contributed by atoms with Crippen LogP contribution in [0, 0.1) is 11.8 Å². The zero-order chi connectivity index (χ0) is 17.0. The van der Waals surface area contributed by atoms with Crippen molar-refractivity contribution in [1.82, 2.24) is 0 Å². The summed E-state index contributed by atoms with van der Waals surface area (Å²) in [5.74, 6) is 0.154. The first kappa shape index (κ1) is 17.5. The molecule has 1 fully saturated rings. The molecule has 23 heavy (non-hydrogen) atoms. The second-order valence-corrected chi connectivity index (χ2v) is 7.34. The van der Waals surface area contributed by atoms with E-state index < -0.39 is 11.6 Å². The van der Waals surface area contributed by atoms with Crippen molar-refractivity contribution in [3.63, 3.8) is 0 Å². The van der Waals surface area contributed by atoms with Crippen molar-refractivity contribution < 1.29 is 14.3 Å². The topological polar surface area (TPSA) is 43.4 Å². The Morgan fingerprint density at radius 2 is 1.61 bits per heavy atom. The average molecular weight is 314 g/mol. The number of Topliss-reactive ketones (excluding diaryl/α,β-unsaturated/α-hetero) is 1. The number of cyclic esters (lactones) is 1. The first-order valence-electron chi connectivity index (χ1n) is 8.34. The second kappa shape index (κ2) is 7.12. The van der Waals surface area contributed by atoms with Crippen molar-refractivity contribution >= 4 is 17.8 Å². The van der Waals surface area contributed by atoms with Crippen LogP contribution in [0.4, 0.5) is 0 Å². The molecule has 2 rings (SSSR count). The Morgan fingerprint density at radius 1 is 1.04 bits per heavy atom. The van der Waals surface area contributed by atoms with Crippen LogP contribution in [0.5, 0.6) is 0 Å². The lowest BCUT2D eigenvalue weighted by Crippen LogP contribution is -2.45. The molecule has 0 saturated carbocycles. The van der Waals surface area contributed by atoms with Gasteiger partial charge in [0.05, 0.1) is 6.42 Å². The molecule has 0 bridgehead atoms. The molecule has 1 aromatic carbocycles. The summed E-state index contributed by atoms with van der Waals surface area (Å²) in [5.41, 5.74) is 0.359. The van der Waals surface area contributed by atoms with Crippen molar-refractivity contribution in [3.05, 3.63) is 41.5 Å². The maximum absolute atomic E-state index is 12.6. The van der Waals surface area contributed by atoms with Crippen molar-refractivity contribution in [3.8, 4) is 0 Å². The van der Waals surface area contributed by atoms with E-state index in [0.29, 0.717) is 11.8 Å². The molecule has 3 nitrogen and oxygen atoms in total. The standard InChI is InChI=1S/C20H26O3/c1-14(2)11-20(12-15(3)4)13-18(21)17(19(22)23-20)10-16-8-6-5-7-9-16/h5-10,14-15H,11-13H2,1-4H3/b17-10-. The van der Waals surface area contributed by atoms with Gasteiger partial charge in [-0.2, -0.15) is 0 Å². The van der Waals surface area contributed by atoms with Crippen LogP contribution in [-0.2, 0) is 14.3 Å². The van der Waals surface area contributed by atoms with E-state index in [0.717, 1.165) is 18.4 Å². The average Bonchev–Trinajstić information content (AvgIpc) is 2.42. The SMILES string of the molecule is CC(C)CC1(CC(C)C)CC(=O)/C(=C/c2ccccc2)C(=O)O1. The number of hydrogen-bond acceptors (Lipinski definition) is 3. The summed E-state index contributed by atoms with van der Waals surface area (Å²) < 4.78 is 5.82. The summed E-state index contributed by atoms with van der Waals surface area (Å²) >= 11 is 0. The summed E-state index contributed by atoms with van der Waals surface area (Å²) in [4.78, 5) is 25.1. The molecule has 0 aromatic heterocycles. The molecule has 124 valence electrons. The van der Waals surface area contributed by atoms with Crippen LogP contribution < -0.4 is 0 Å². The van der Waals surface area contributed by atoms with Crippen LogP contribution in [0.3, 0.4) is 0 Å². The molecule has 1 aromatic rings. The predicted octanol–water partition coefficient (Wildman–Crippen LogP) is 4.42. The zero-order valence-electron chi connectivity index (χ0n) is 14.5. The summed E-state index contributed by atoms with van der Waals surface area (Å²) in [5, 5.41) is 0. The van der Waals surface area contributed by atoms with Crippen molar-refractivity contribution in [2.75, 3.05) is 0 Å². The van der Waals surface area contributed by atoms with Gasteiger partial charge >= 0.3 is 5.97 Å². The number of carbonyl (C=O) groups is 2. The van der Waals surface area contributed by atoms with E-state index in [-0.39, 0.29) is 17.8 Å². The quantitative estimate of drug-likeness (QED) is 0.459. The Kier molecular flexibility index (Phi) is 5.40. The number of benzene rings is 1. The van der Waals surface area contributed by atoms with Crippen molar-refractivity contribution in [2.24, 2.45) is 11.8 Å². The third kappa shape index (κ3) is 4.54. The minimum atomic E-state index is -0.648. The van der Waals surface area contributed by atoms with E-state index in [9.17, 15) is 9.59 Å². The Bertz CT molecular complexity index is 565. The van der Waals surface area contributed by atoms with E-state index in [1.54, 1.807) is 6.08 Å². The molecule has 1 heterocycles. The highest BCUT2D eigenvalue weighted by molar-refractivity contribution is 6.22. The largest absolute Gasteiger partial charge is 0.455 e. The van der Waals surface area contributed by atoms with Crippen LogP contribution in [0.15, 0.2) is 35.9 Å². The highest BCUT2D eigenvalue weighted by Gasteiger charge is 2.44. The molecular weight excluding hydrogens is 288 g/mol. The Morgan fingerprint density at radius 3 is 2.09 bits per heavy atom. The lowest BCUT2D eigenvalue weighted by Gasteiger charge is -2.39. The van der Waals surface area contributed by atoms with Gasteiger partial charge in [-0.05, 0) is 36.3 Å². The van der Waals surface area contributed by atoms with Crippen LogP contribution in [0.1, 0.15) is 52.5 Å². The fourth-order valence-electron chi connectivity index (χ4n) is 3.44. The predicted molar refractivity (Wildman–Crippen MR) is 91.8 cm³/mol. The maximum Gasteiger partial charge on any atom is 0.342 e. The summed E-state index contributed by atoms with van der Waals surface area (Å²) in [6.07, 6.45) is 3.37. The first-order valence-corrected chi connectivity index (χ1v) is 8.34. The van der Waals surface area contributed by atoms with Crippen LogP contribution in [0.2, 0.25) is 0 Å². The molecule has 0 unspecified atom stereocenters. The van der Waals surface area contributed by atoms with E-state index in [4.69, 9.17) is 4.74 Å². The minimum absolute atomic E-state index is 0.105. The summed E-state index contributed by atoms with van der Waals surface area (Å²) in [7, 11) is 0. The number of esters is 1. The fourth-order valence-corrected chi connectivity index (χ4v) is 3.44. The lowest BCUT2D eigenvalue weighted by atomic mass is 9.78. The molecule has 0 N–H and O–H groups in total. The maximum atomic E-state index is 12.6. The van der Waals surface area contributed by atoms with Gasteiger partial charge in [-0.1, -0.05) is 58.0 Å². The third-order valence-electron chi connectivity index (χ3n) is 3.98. The number of carbonyl (C=O) groups excluding carboxylic acids is 2. The van der Waals surface area contributed by atoms with Gasteiger partial charge in [-0.15, -0.1) is 0 Å². The van der Waals surface area contributed by atoms with Gasteiger partial charge < -0.3 is 4.74 Å². The number of ketones is 1.